The minimum absolute atomic E-state index is 0.118. The van der Waals surface area contributed by atoms with Crippen molar-refractivity contribution in [2.45, 2.75) is 26.2 Å². The summed E-state index contributed by atoms with van der Waals surface area (Å²) < 4.78 is 2.53. The number of benzene rings is 5. The summed E-state index contributed by atoms with van der Waals surface area (Å²) in [5.74, 6) is 0.856. The fraction of sp³-hybridized carbons (Fsp3) is 0.105. The van der Waals surface area contributed by atoms with Gasteiger partial charge >= 0.3 is 0 Å². The molecule has 0 bridgehead atoms. The topological polar surface area (TPSA) is 29.0 Å². The van der Waals surface area contributed by atoms with Crippen molar-refractivity contribution in [2.24, 2.45) is 0 Å². The lowest BCUT2D eigenvalue weighted by atomic mass is 9.96. The average Bonchev–Trinajstić information content (AvgIpc) is 3.04. The Labute approximate surface area is 249 Å². The Balaban J connectivity index is 1.47. The first kappa shape index (κ1) is 26.3. The number of aromatic nitrogens is 2. The standard InChI is InChI=1S/C38H32N3P/c1-38(2,3)37-39-25-32(26-40-37)42-36-24-30(28-15-8-5-9-16-28)21-22-34(36)33-19-10-11-20-35(33)41(42)31-18-12-17-29(23-31)27-13-6-4-7-14-27/h4-26H,1-3H3. The van der Waals surface area contributed by atoms with Crippen LogP contribution < -0.4 is 15.3 Å². The predicted molar refractivity (Wildman–Crippen MR) is 178 cm³/mol. The monoisotopic (exact) mass is 561 g/mol. The minimum atomic E-state index is -1.04. The molecule has 1 atom stereocenters. The molecule has 0 amide bonds. The summed E-state index contributed by atoms with van der Waals surface area (Å²) in [6, 6.07) is 45.9. The smallest absolute Gasteiger partial charge is 0.133 e. The number of para-hydroxylation sites is 1. The highest BCUT2D eigenvalue weighted by atomic mass is 31.1. The van der Waals surface area contributed by atoms with Crippen LogP contribution >= 0.6 is 8.07 Å². The van der Waals surface area contributed by atoms with Gasteiger partial charge in [0.2, 0.25) is 0 Å². The van der Waals surface area contributed by atoms with Crippen LogP contribution in [0.2, 0.25) is 0 Å². The summed E-state index contributed by atoms with van der Waals surface area (Å²) >= 11 is 0. The van der Waals surface area contributed by atoms with Gasteiger partial charge < -0.3 is 4.67 Å². The van der Waals surface area contributed by atoms with Crippen molar-refractivity contribution in [3.63, 3.8) is 0 Å². The van der Waals surface area contributed by atoms with Crippen LogP contribution in [0, 0.1) is 0 Å². The molecule has 1 aromatic heterocycles. The molecule has 0 saturated carbocycles. The maximum atomic E-state index is 4.91. The second-order valence-corrected chi connectivity index (χ2v) is 13.7. The molecule has 7 rings (SSSR count). The van der Waals surface area contributed by atoms with E-state index in [1.54, 1.807) is 0 Å². The number of fused-ring (bicyclic) bond motifs is 3. The highest BCUT2D eigenvalue weighted by molar-refractivity contribution is 7.75. The van der Waals surface area contributed by atoms with Gasteiger partial charge in [-0.2, -0.15) is 0 Å². The van der Waals surface area contributed by atoms with Crippen molar-refractivity contribution in [3.8, 4) is 33.4 Å². The number of hydrogen-bond acceptors (Lipinski definition) is 3. The van der Waals surface area contributed by atoms with Crippen LogP contribution in [0.5, 0.6) is 0 Å². The van der Waals surface area contributed by atoms with E-state index in [1.165, 1.54) is 44.4 Å². The van der Waals surface area contributed by atoms with Gasteiger partial charge in [-0.1, -0.05) is 124 Å². The third-order valence-corrected chi connectivity index (χ3v) is 10.1. The van der Waals surface area contributed by atoms with Crippen molar-refractivity contribution in [1.82, 2.24) is 9.97 Å². The molecular formula is C38H32N3P. The van der Waals surface area contributed by atoms with Crippen LogP contribution in [0.25, 0.3) is 33.4 Å². The van der Waals surface area contributed by atoms with E-state index in [0.717, 1.165) is 16.8 Å². The summed E-state index contributed by atoms with van der Waals surface area (Å²) in [6.45, 7) is 6.48. The van der Waals surface area contributed by atoms with Gasteiger partial charge in [-0.05, 0) is 52.1 Å². The molecule has 1 unspecified atom stereocenters. The van der Waals surface area contributed by atoms with E-state index in [-0.39, 0.29) is 5.41 Å². The van der Waals surface area contributed by atoms with E-state index >= 15 is 0 Å². The average molecular weight is 562 g/mol. The van der Waals surface area contributed by atoms with Crippen molar-refractivity contribution < 1.29 is 0 Å². The van der Waals surface area contributed by atoms with Crippen LogP contribution in [0.15, 0.2) is 140 Å². The van der Waals surface area contributed by atoms with Crippen LogP contribution in [-0.2, 0) is 5.41 Å². The minimum Gasteiger partial charge on any atom is -0.311 e. The van der Waals surface area contributed by atoms with E-state index in [1.807, 2.05) is 0 Å². The summed E-state index contributed by atoms with van der Waals surface area (Å²) in [4.78, 5) is 9.81. The van der Waals surface area contributed by atoms with Gasteiger partial charge in [0.05, 0.1) is 13.8 Å². The summed E-state index contributed by atoms with van der Waals surface area (Å²) in [7, 11) is -1.04. The highest BCUT2D eigenvalue weighted by Crippen LogP contribution is 2.56. The van der Waals surface area contributed by atoms with E-state index in [4.69, 9.17) is 9.97 Å². The maximum Gasteiger partial charge on any atom is 0.133 e. The molecule has 0 radical (unpaired) electrons. The van der Waals surface area contributed by atoms with Gasteiger partial charge in [-0.3, -0.25) is 0 Å². The predicted octanol–water partition coefficient (Wildman–Crippen LogP) is 9.27. The van der Waals surface area contributed by atoms with E-state index in [2.05, 4.69) is 165 Å². The SMILES string of the molecule is CC(C)(C)c1ncc(P2c3cc(-c4ccccc4)ccc3-c3ccccc3N2c2cccc(-c3ccccc3)c2)cn1. The first-order valence-electron chi connectivity index (χ1n) is 14.3. The number of hydrogen-bond donors (Lipinski definition) is 0. The Morgan fingerprint density at radius 1 is 0.548 bits per heavy atom. The Morgan fingerprint density at radius 3 is 1.81 bits per heavy atom. The summed E-state index contributed by atoms with van der Waals surface area (Å²) in [5, 5.41) is 2.44. The molecular weight excluding hydrogens is 529 g/mol. The van der Waals surface area contributed by atoms with E-state index in [9.17, 15) is 0 Å². The Morgan fingerprint density at radius 2 is 1.14 bits per heavy atom. The lowest BCUT2D eigenvalue weighted by Crippen LogP contribution is -2.31. The van der Waals surface area contributed by atoms with Crippen molar-refractivity contribution >= 4 is 30.1 Å². The van der Waals surface area contributed by atoms with Gasteiger partial charge in [-0.25, -0.2) is 9.97 Å². The summed E-state index contributed by atoms with van der Waals surface area (Å²) in [5.41, 5.74) is 9.58. The second kappa shape index (κ2) is 10.7. The zero-order chi connectivity index (χ0) is 28.7. The van der Waals surface area contributed by atoms with Gasteiger partial charge in [0.25, 0.3) is 0 Å². The molecule has 1 aliphatic heterocycles. The molecule has 42 heavy (non-hydrogen) atoms. The lowest BCUT2D eigenvalue weighted by molar-refractivity contribution is 0.545. The lowest BCUT2D eigenvalue weighted by Gasteiger charge is -2.40. The highest BCUT2D eigenvalue weighted by Gasteiger charge is 2.34. The molecule has 0 spiro atoms. The first-order chi connectivity index (χ1) is 20.5. The summed E-state index contributed by atoms with van der Waals surface area (Å²) in [6.07, 6.45) is 4.11. The van der Waals surface area contributed by atoms with Crippen molar-refractivity contribution in [3.05, 3.63) is 146 Å². The van der Waals surface area contributed by atoms with Crippen molar-refractivity contribution in [1.29, 1.82) is 0 Å². The van der Waals surface area contributed by atoms with E-state index in [0.29, 0.717) is 0 Å². The zero-order valence-corrected chi connectivity index (χ0v) is 25.0. The molecule has 2 heterocycles. The Hall–Kier alpha value is -4.59. The number of nitrogens with zero attached hydrogens (tertiary/aromatic N) is 3. The molecule has 0 fully saturated rings. The van der Waals surface area contributed by atoms with Gasteiger partial charge in [0, 0.05) is 39.7 Å². The van der Waals surface area contributed by atoms with Crippen LogP contribution in [0.1, 0.15) is 26.6 Å². The molecule has 6 aromatic rings. The molecule has 204 valence electrons. The van der Waals surface area contributed by atoms with Crippen LogP contribution in [-0.4, -0.2) is 9.97 Å². The number of rotatable bonds is 4. The maximum absolute atomic E-state index is 4.91. The largest absolute Gasteiger partial charge is 0.311 e. The molecule has 4 heteroatoms. The molecule has 0 saturated heterocycles. The molecule has 5 aromatic carbocycles. The molecule has 0 aliphatic carbocycles. The van der Waals surface area contributed by atoms with Crippen LogP contribution in [0.3, 0.4) is 0 Å². The van der Waals surface area contributed by atoms with Crippen molar-refractivity contribution in [2.75, 3.05) is 4.67 Å². The fourth-order valence-corrected chi connectivity index (χ4v) is 8.11. The second-order valence-electron chi connectivity index (χ2n) is 11.7. The van der Waals surface area contributed by atoms with Gasteiger partial charge in [0.1, 0.15) is 5.82 Å². The molecule has 3 nitrogen and oxygen atoms in total. The van der Waals surface area contributed by atoms with Crippen LogP contribution in [0.4, 0.5) is 11.4 Å². The Bertz CT molecular complexity index is 1860. The first-order valence-corrected chi connectivity index (χ1v) is 15.6. The normalized spacial score (nSPS) is 14.3. The van der Waals surface area contributed by atoms with Gasteiger partial charge in [-0.15, -0.1) is 0 Å². The van der Waals surface area contributed by atoms with Gasteiger partial charge in [0.15, 0.2) is 0 Å². The molecule has 0 N–H and O–H groups in total. The quantitative estimate of drug-likeness (QED) is 0.201. The third-order valence-electron chi connectivity index (χ3n) is 7.71. The zero-order valence-electron chi connectivity index (χ0n) is 24.1. The Kier molecular flexibility index (Phi) is 6.69. The third kappa shape index (κ3) is 4.81. The molecule has 1 aliphatic rings. The fourth-order valence-electron chi connectivity index (χ4n) is 5.62. The van der Waals surface area contributed by atoms with E-state index < -0.39 is 8.07 Å². The number of anilines is 2.